The SMILES string of the molecule is COc1ncc(F)cc1CCc1ccc(Cc2c[nH]c3ncc(C)cc23)c(C)n1. The lowest BCUT2D eigenvalue weighted by Crippen LogP contribution is -2.02. The minimum Gasteiger partial charge on any atom is -0.481 e. The standard InChI is InChI=1S/C23H23FN4O/c1-14-8-21-18(12-26-22(21)25-11-14)9-16-4-6-20(28-15(16)2)7-5-17-10-19(24)13-27-23(17)29-3/h4,6,8,10-13H,5,7,9H2,1-3H3,(H,25,26). The van der Waals surface area contributed by atoms with Crippen LogP contribution >= 0.6 is 0 Å². The van der Waals surface area contributed by atoms with Gasteiger partial charge < -0.3 is 9.72 Å². The average Bonchev–Trinajstić information content (AvgIpc) is 3.10. The van der Waals surface area contributed by atoms with Crippen molar-refractivity contribution in [3.05, 3.63) is 82.3 Å². The molecule has 0 fully saturated rings. The van der Waals surface area contributed by atoms with E-state index < -0.39 is 0 Å². The molecule has 6 heteroatoms. The minimum absolute atomic E-state index is 0.358. The van der Waals surface area contributed by atoms with E-state index in [1.807, 2.05) is 32.3 Å². The van der Waals surface area contributed by atoms with E-state index in [2.05, 4.69) is 27.1 Å². The molecule has 4 aromatic heterocycles. The molecule has 0 unspecified atom stereocenters. The Morgan fingerprint density at radius 1 is 1.00 bits per heavy atom. The number of nitrogens with zero attached hydrogens (tertiary/aromatic N) is 3. The molecule has 0 saturated heterocycles. The third-order valence-corrected chi connectivity index (χ3v) is 5.12. The van der Waals surface area contributed by atoms with Gasteiger partial charge >= 0.3 is 0 Å². The van der Waals surface area contributed by atoms with Gasteiger partial charge in [0.1, 0.15) is 11.5 Å². The number of aromatic nitrogens is 4. The first-order valence-corrected chi connectivity index (χ1v) is 9.60. The molecule has 0 aliphatic heterocycles. The molecule has 0 bridgehead atoms. The van der Waals surface area contributed by atoms with Crippen LogP contribution in [0.5, 0.6) is 5.88 Å². The summed E-state index contributed by atoms with van der Waals surface area (Å²) in [6.45, 7) is 4.08. The first kappa shape index (κ1) is 19.1. The predicted octanol–water partition coefficient (Wildman–Crippen LogP) is 4.49. The van der Waals surface area contributed by atoms with E-state index in [9.17, 15) is 4.39 Å². The maximum absolute atomic E-state index is 13.5. The topological polar surface area (TPSA) is 63.7 Å². The second-order valence-electron chi connectivity index (χ2n) is 7.27. The molecule has 0 amide bonds. The minimum atomic E-state index is -0.358. The van der Waals surface area contributed by atoms with Crippen LogP contribution in [0.15, 0.2) is 42.9 Å². The molecule has 4 aromatic rings. The molecule has 4 rings (SSSR count). The van der Waals surface area contributed by atoms with Crippen molar-refractivity contribution < 1.29 is 9.13 Å². The largest absolute Gasteiger partial charge is 0.481 e. The maximum Gasteiger partial charge on any atom is 0.216 e. The molecule has 0 aliphatic rings. The summed E-state index contributed by atoms with van der Waals surface area (Å²) in [6, 6.07) is 7.80. The Bertz CT molecular complexity index is 1170. The van der Waals surface area contributed by atoms with E-state index in [0.29, 0.717) is 18.7 Å². The lowest BCUT2D eigenvalue weighted by molar-refractivity contribution is 0.390. The number of pyridine rings is 3. The quantitative estimate of drug-likeness (QED) is 0.527. The molecule has 0 radical (unpaired) electrons. The van der Waals surface area contributed by atoms with Crippen LogP contribution < -0.4 is 4.74 Å². The van der Waals surface area contributed by atoms with Crippen LogP contribution in [0.2, 0.25) is 0 Å². The first-order chi connectivity index (χ1) is 14.0. The summed E-state index contributed by atoms with van der Waals surface area (Å²) in [4.78, 5) is 16.4. The Hall–Kier alpha value is -3.28. The van der Waals surface area contributed by atoms with E-state index in [-0.39, 0.29) is 5.82 Å². The van der Waals surface area contributed by atoms with Gasteiger partial charge in [0.2, 0.25) is 5.88 Å². The van der Waals surface area contributed by atoms with Gasteiger partial charge in [-0.3, -0.25) is 4.98 Å². The summed E-state index contributed by atoms with van der Waals surface area (Å²) in [5.74, 6) is 0.103. The third-order valence-electron chi connectivity index (χ3n) is 5.12. The molecular formula is C23H23FN4O. The van der Waals surface area contributed by atoms with Crippen molar-refractivity contribution in [2.75, 3.05) is 7.11 Å². The van der Waals surface area contributed by atoms with Crippen molar-refractivity contribution in [1.82, 2.24) is 19.9 Å². The molecule has 5 nitrogen and oxygen atoms in total. The van der Waals surface area contributed by atoms with E-state index in [1.54, 1.807) is 7.11 Å². The van der Waals surface area contributed by atoms with Gasteiger partial charge in [-0.1, -0.05) is 6.07 Å². The van der Waals surface area contributed by atoms with E-state index in [1.165, 1.54) is 23.4 Å². The molecule has 148 valence electrons. The van der Waals surface area contributed by atoms with Crippen molar-refractivity contribution in [3.63, 3.8) is 0 Å². The summed E-state index contributed by atoms with van der Waals surface area (Å²) in [5.41, 5.74) is 7.16. The molecule has 4 heterocycles. The number of methoxy groups -OCH3 is 1. The van der Waals surface area contributed by atoms with Gasteiger partial charge in [-0.2, -0.15) is 0 Å². The first-order valence-electron chi connectivity index (χ1n) is 9.60. The highest BCUT2D eigenvalue weighted by atomic mass is 19.1. The summed E-state index contributed by atoms with van der Waals surface area (Å²) < 4.78 is 18.7. The fraction of sp³-hybridized carbons (Fsp3) is 0.261. The van der Waals surface area contributed by atoms with Crippen LogP contribution in [0.1, 0.15) is 33.6 Å². The zero-order valence-corrected chi connectivity index (χ0v) is 16.8. The monoisotopic (exact) mass is 390 g/mol. The number of halogens is 1. The van der Waals surface area contributed by atoms with Crippen LogP contribution in [0.25, 0.3) is 11.0 Å². The average molecular weight is 390 g/mol. The summed E-state index contributed by atoms with van der Waals surface area (Å²) in [7, 11) is 1.54. The van der Waals surface area contributed by atoms with Crippen molar-refractivity contribution in [2.45, 2.75) is 33.1 Å². The lowest BCUT2D eigenvalue weighted by Gasteiger charge is -2.09. The van der Waals surface area contributed by atoms with Gasteiger partial charge in [-0.05, 0) is 61.6 Å². The number of aromatic amines is 1. The van der Waals surface area contributed by atoms with E-state index in [0.717, 1.165) is 40.0 Å². The van der Waals surface area contributed by atoms with Gasteiger partial charge in [-0.25, -0.2) is 14.4 Å². The Morgan fingerprint density at radius 3 is 2.66 bits per heavy atom. The van der Waals surface area contributed by atoms with Gasteiger partial charge in [0.15, 0.2) is 0 Å². The zero-order chi connectivity index (χ0) is 20.4. The van der Waals surface area contributed by atoms with Gasteiger partial charge in [0.25, 0.3) is 0 Å². The summed E-state index contributed by atoms with van der Waals surface area (Å²) in [5, 5.41) is 1.15. The number of hydrogen-bond acceptors (Lipinski definition) is 4. The highest BCUT2D eigenvalue weighted by Crippen LogP contribution is 2.23. The molecule has 1 N–H and O–H groups in total. The zero-order valence-electron chi connectivity index (χ0n) is 16.8. The Kier molecular flexibility index (Phi) is 5.25. The maximum atomic E-state index is 13.5. The number of fused-ring (bicyclic) bond motifs is 1. The van der Waals surface area contributed by atoms with Gasteiger partial charge in [0, 0.05) is 41.2 Å². The fourth-order valence-corrected chi connectivity index (χ4v) is 3.58. The molecule has 0 atom stereocenters. The number of nitrogens with one attached hydrogen (secondary N) is 1. The Morgan fingerprint density at radius 2 is 1.86 bits per heavy atom. The summed E-state index contributed by atoms with van der Waals surface area (Å²) in [6.07, 6.45) is 7.17. The highest BCUT2D eigenvalue weighted by Gasteiger charge is 2.11. The molecular weight excluding hydrogens is 367 g/mol. The number of rotatable bonds is 6. The highest BCUT2D eigenvalue weighted by molar-refractivity contribution is 5.80. The van der Waals surface area contributed by atoms with E-state index >= 15 is 0 Å². The second kappa shape index (κ2) is 7.99. The predicted molar refractivity (Wildman–Crippen MR) is 111 cm³/mol. The van der Waals surface area contributed by atoms with E-state index in [4.69, 9.17) is 9.72 Å². The fourth-order valence-electron chi connectivity index (χ4n) is 3.58. The molecule has 0 saturated carbocycles. The number of H-pyrrole nitrogens is 1. The molecule has 0 aromatic carbocycles. The van der Waals surface area contributed by atoms with Crippen LogP contribution in [0.3, 0.4) is 0 Å². The van der Waals surface area contributed by atoms with Crippen LogP contribution in [-0.2, 0) is 19.3 Å². The third kappa shape index (κ3) is 4.11. The van der Waals surface area contributed by atoms with Gasteiger partial charge in [-0.15, -0.1) is 0 Å². The number of ether oxygens (including phenoxy) is 1. The van der Waals surface area contributed by atoms with Crippen LogP contribution in [0, 0.1) is 19.7 Å². The van der Waals surface area contributed by atoms with Gasteiger partial charge in [0.05, 0.1) is 13.3 Å². The second-order valence-corrected chi connectivity index (χ2v) is 7.27. The summed E-state index contributed by atoms with van der Waals surface area (Å²) >= 11 is 0. The number of aryl methyl sites for hydroxylation is 4. The Labute approximate surface area is 169 Å². The number of hydrogen-bond donors (Lipinski definition) is 1. The smallest absolute Gasteiger partial charge is 0.216 e. The normalized spacial score (nSPS) is 11.2. The lowest BCUT2D eigenvalue weighted by atomic mass is 10.0. The van der Waals surface area contributed by atoms with Crippen LogP contribution in [0.4, 0.5) is 4.39 Å². The Balaban J connectivity index is 1.51. The molecule has 0 aliphatic carbocycles. The van der Waals surface area contributed by atoms with Crippen molar-refractivity contribution >= 4 is 11.0 Å². The van der Waals surface area contributed by atoms with Crippen molar-refractivity contribution in [1.29, 1.82) is 0 Å². The van der Waals surface area contributed by atoms with Crippen molar-refractivity contribution in [3.8, 4) is 5.88 Å². The molecule has 0 spiro atoms. The van der Waals surface area contributed by atoms with Crippen molar-refractivity contribution in [2.24, 2.45) is 0 Å². The van der Waals surface area contributed by atoms with Crippen LogP contribution in [-0.4, -0.2) is 27.0 Å². The molecule has 29 heavy (non-hydrogen) atoms.